The number of nitrogens with zero attached hydrogens (tertiary/aromatic N) is 2. The summed E-state index contributed by atoms with van der Waals surface area (Å²) in [6.45, 7) is 0. The number of aromatic carboxylic acids is 1. The lowest BCUT2D eigenvalue weighted by Gasteiger charge is -2.02. The Kier molecular flexibility index (Phi) is 2.61. The van der Waals surface area contributed by atoms with Crippen LogP contribution in [0.3, 0.4) is 0 Å². The molecule has 1 heterocycles. The van der Waals surface area contributed by atoms with Crippen molar-refractivity contribution < 1.29 is 14.3 Å². The van der Waals surface area contributed by atoms with Crippen LogP contribution in [0, 0.1) is 5.82 Å². The topological polar surface area (TPSA) is 78.9 Å². The van der Waals surface area contributed by atoms with Crippen molar-refractivity contribution in [2.24, 2.45) is 0 Å². The van der Waals surface area contributed by atoms with Crippen molar-refractivity contribution in [1.82, 2.24) is 15.2 Å². The second-order valence-corrected chi connectivity index (χ2v) is 3.42. The van der Waals surface area contributed by atoms with E-state index in [1.54, 1.807) is 0 Å². The first-order chi connectivity index (χ1) is 7.58. The molecule has 0 spiro atoms. The minimum absolute atomic E-state index is 0.0501. The smallest absolute Gasteiger partial charge is 0.336 e. The monoisotopic (exact) mass is 239 g/mol. The number of aromatic amines is 1. The summed E-state index contributed by atoms with van der Waals surface area (Å²) in [5.74, 6) is -1.54. The molecule has 0 fully saturated rings. The zero-order valence-corrected chi connectivity index (χ0v) is 8.70. The van der Waals surface area contributed by atoms with Gasteiger partial charge < -0.3 is 10.1 Å². The third kappa shape index (κ3) is 1.89. The highest BCUT2D eigenvalue weighted by molar-refractivity contribution is 7.80. The molecule has 0 saturated carbocycles. The third-order valence-corrected chi connectivity index (χ3v) is 2.14. The maximum absolute atomic E-state index is 13.0. The van der Waals surface area contributed by atoms with E-state index in [4.69, 9.17) is 5.11 Å². The van der Waals surface area contributed by atoms with Crippen molar-refractivity contribution in [3.05, 3.63) is 29.6 Å². The predicted octanol–water partition coefficient (Wildman–Crippen LogP) is 1.60. The second kappa shape index (κ2) is 3.93. The lowest BCUT2D eigenvalue weighted by molar-refractivity contribution is 0.0697. The quantitative estimate of drug-likeness (QED) is 0.695. The zero-order valence-electron chi connectivity index (χ0n) is 7.81. The van der Waals surface area contributed by atoms with Crippen molar-refractivity contribution in [1.29, 1.82) is 0 Å². The molecule has 0 aliphatic carbocycles. The second-order valence-electron chi connectivity index (χ2n) is 2.99. The average Bonchev–Trinajstić information content (AvgIpc) is 2.64. The zero-order chi connectivity index (χ0) is 11.7. The van der Waals surface area contributed by atoms with Gasteiger partial charge >= 0.3 is 5.97 Å². The van der Waals surface area contributed by atoms with Gasteiger partial charge in [0.25, 0.3) is 0 Å². The number of rotatable bonds is 2. The summed E-state index contributed by atoms with van der Waals surface area (Å²) in [4.78, 5) is 13.5. The van der Waals surface area contributed by atoms with Crippen LogP contribution in [-0.4, -0.2) is 26.3 Å². The van der Waals surface area contributed by atoms with Crippen molar-refractivity contribution in [2.75, 3.05) is 0 Å². The van der Waals surface area contributed by atoms with Crippen molar-refractivity contribution in [3.63, 3.8) is 0 Å². The van der Waals surface area contributed by atoms with E-state index >= 15 is 0 Å². The van der Waals surface area contributed by atoms with Crippen LogP contribution in [0.15, 0.2) is 23.4 Å². The molecule has 0 atom stereocenters. The molecule has 0 bridgehead atoms. The van der Waals surface area contributed by atoms with Crippen LogP contribution in [0.2, 0.25) is 0 Å². The van der Waals surface area contributed by atoms with E-state index < -0.39 is 11.8 Å². The summed E-state index contributed by atoms with van der Waals surface area (Å²) in [7, 11) is 0. The molecule has 7 heteroatoms. The van der Waals surface area contributed by atoms with E-state index in [9.17, 15) is 9.18 Å². The van der Waals surface area contributed by atoms with Crippen LogP contribution in [0.4, 0.5) is 4.39 Å². The predicted molar refractivity (Wildman–Crippen MR) is 56.0 cm³/mol. The minimum atomic E-state index is -1.16. The molecule has 1 aromatic heterocycles. The first-order valence-electron chi connectivity index (χ1n) is 4.23. The van der Waals surface area contributed by atoms with Gasteiger partial charge in [0.15, 0.2) is 11.0 Å². The Bertz CT molecular complexity index is 555. The summed E-state index contributed by atoms with van der Waals surface area (Å²) in [6.07, 6.45) is 0. The van der Waals surface area contributed by atoms with Gasteiger partial charge in [-0.2, -0.15) is 0 Å². The minimum Gasteiger partial charge on any atom is -0.478 e. The Labute approximate surface area is 94.7 Å². The molecule has 0 aliphatic rings. The van der Waals surface area contributed by atoms with E-state index in [0.29, 0.717) is 0 Å². The molecule has 0 unspecified atom stereocenters. The fraction of sp³-hybridized carbons (Fsp3) is 0. The first kappa shape index (κ1) is 10.6. The molecule has 1 aromatic carbocycles. The molecule has 0 saturated heterocycles. The number of nitrogens with one attached hydrogen (secondary N) is 1. The molecule has 0 radical (unpaired) electrons. The highest BCUT2D eigenvalue weighted by atomic mass is 32.1. The average molecular weight is 239 g/mol. The van der Waals surface area contributed by atoms with Gasteiger partial charge in [0.1, 0.15) is 5.82 Å². The van der Waals surface area contributed by atoms with Gasteiger partial charge in [-0.25, -0.2) is 9.18 Å². The van der Waals surface area contributed by atoms with E-state index in [-0.39, 0.29) is 22.1 Å². The molecule has 0 aliphatic heterocycles. The van der Waals surface area contributed by atoms with E-state index in [0.717, 1.165) is 12.1 Å². The van der Waals surface area contributed by atoms with Gasteiger partial charge in [-0.15, -0.1) is 22.8 Å². The number of aromatic nitrogens is 3. The Morgan fingerprint density at radius 1 is 1.44 bits per heavy atom. The largest absolute Gasteiger partial charge is 0.478 e. The number of carboxylic acids is 1. The third-order valence-electron chi connectivity index (χ3n) is 1.94. The fourth-order valence-corrected chi connectivity index (χ4v) is 1.42. The van der Waals surface area contributed by atoms with E-state index in [1.165, 1.54) is 6.07 Å². The van der Waals surface area contributed by atoms with Gasteiger partial charge in [-0.3, -0.25) is 0 Å². The number of hydrogen-bond donors (Lipinski definition) is 3. The summed E-state index contributed by atoms with van der Waals surface area (Å²) in [5.41, 5.74) is 0.0891. The van der Waals surface area contributed by atoms with Crippen LogP contribution in [0.1, 0.15) is 10.4 Å². The molecule has 16 heavy (non-hydrogen) atoms. The number of H-pyrrole nitrogens is 1. The summed E-state index contributed by atoms with van der Waals surface area (Å²) < 4.78 is 13.0. The standard InChI is InChI=1S/C9H6FN3O2S/c10-4-1-2-5(8(14)15)6(3-4)7-11-9(16)13-12-7/h1-3H,(H,14,15)(H2,11,12,13,16). The highest BCUT2D eigenvalue weighted by Crippen LogP contribution is 2.22. The lowest BCUT2D eigenvalue weighted by atomic mass is 10.1. The maximum atomic E-state index is 13.0. The van der Waals surface area contributed by atoms with E-state index in [2.05, 4.69) is 27.8 Å². The summed E-state index contributed by atoms with van der Waals surface area (Å²) in [5, 5.41) is 16.4. The van der Waals surface area contributed by atoms with Crippen molar-refractivity contribution >= 4 is 18.6 Å². The first-order valence-corrected chi connectivity index (χ1v) is 4.67. The lowest BCUT2D eigenvalue weighted by Crippen LogP contribution is -2.00. The van der Waals surface area contributed by atoms with Gasteiger partial charge in [0.2, 0.25) is 0 Å². The Hall–Kier alpha value is -1.89. The highest BCUT2D eigenvalue weighted by Gasteiger charge is 2.15. The van der Waals surface area contributed by atoms with Crippen LogP contribution in [-0.2, 0) is 0 Å². The van der Waals surface area contributed by atoms with Gasteiger partial charge in [0, 0.05) is 5.56 Å². The number of carboxylic acid groups (broad SMARTS) is 1. The van der Waals surface area contributed by atoms with Crippen LogP contribution >= 0.6 is 12.6 Å². The number of thiol groups is 1. The maximum Gasteiger partial charge on any atom is 0.336 e. The SMILES string of the molecule is O=C(O)c1ccc(F)cc1-c1nnc(S)[nH]1. The number of carbonyl (C=O) groups is 1. The van der Waals surface area contributed by atoms with Gasteiger partial charge in [0.05, 0.1) is 5.56 Å². The molecular formula is C9H6FN3O2S. The number of halogens is 1. The molecule has 0 amide bonds. The van der Waals surface area contributed by atoms with Crippen molar-refractivity contribution in [2.45, 2.75) is 5.16 Å². The molecule has 5 nitrogen and oxygen atoms in total. The number of hydrogen-bond acceptors (Lipinski definition) is 4. The van der Waals surface area contributed by atoms with Gasteiger partial charge in [-0.1, -0.05) is 0 Å². The summed E-state index contributed by atoms with van der Waals surface area (Å²) >= 11 is 3.90. The van der Waals surface area contributed by atoms with Crippen LogP contribution in [0.5, 0.6) is 0 Å². The van der Waals surface area contributed by atoms with Crippen LogP contribution < -0.4 is 0 Å². The van der Waals surface area contributed by atoms with E-state index in [1.807, 2.05) is 0 Å². The molecule has 2 aromatic rings. The Morgan fingerprint density at radius 2 is 2.19 bits per heavy atom. The van der Waals surface area contributed by atoms with Gasteiger partial charge in [-0.05, 0) is 18.2 Å². The normalized spacial score (nSPS) is 10.4. The number of benzene rings is 1. The Balaban J connectivity index is 2.62. The van der Waals surface area contributed by atoms with Crippen molar-refractivity contribution in [3.8, 4) is 11.4 Å². The molecule has 2 rings (SSSR count). The van der Waals surface area contributed by atoms with Crippen LogP contribution in [0.25, 0.3) is 11.4 Å². The molecule has 82 valence electrons. The Morgan fingerprint density at radius 3 is 2.75 bits per heavy atom. The molecular weight excluding hydrogens is 233 g/mol. The fourth-order valence-electron chi connectivity index (χ4n) is 1.27. The molecule has 2 N–H and O–H groups in total. The summed E-state index contributed by atoms with van der Waals surface area (Å²) in [6, 6.07) is 3.33.